The number of hydrogen-bond acceptors (Lipinski definition) is 5. The van der Waals surface area contributed by atoms with Gasteiger partial charge >= 0.3 is 0 Å². The second-order valence-corrected chi connectivity index (χ2v) is 8.13. The Hall–Kier alpha value is -2.52. The molecule has 9 heteroatoms. The number of nitrogens with one attached hydrogen (secondary N) is 2. The first-order valence-corrected chi connectivity index (χ1v) is 9.84. The molecule has 6 nitrogen and oxygen atoms in total. The first-order chi connectivity index (χ1) is 12.8. The van der Waals surface area contributed by atoms with Crippen molar-refractivity contribution in [2.24, 2.45) is 0 Å². The molecule has 2 N–H and O–H groups in total. The van der Waals surface area contributed by atoms with E-state index in [1.54, 1.807) is 12.1 Å². The van der Waals surface area contributed by atoms with Crippen LogP contribution in [0.3, 0.4) is 0 Å². The van der Waals surface area contributed by atoms with E-state index in [2.05, 4.69) is 15.5 Å². The molecule has 0 spiro atoms. The molecule has 1 fully saturated rings. The Bertz CT molecular complexity index is 954. The lowest BCUT2D eigenvalue weighted by molar-refractivity contribution is -0.114. The highest BCUT2D eigenvalue weighted by Gasteiger charge is 2.25. The Balaban J connectivity index is 2.08. The van der Waals surface area contributed by atoms with Crippen LogP contribution in [0.4, 0.5) is 20.2 Å². The van der Waals surface area contributed by atoms with Gasteiger partial charge < -0.3 is 15.5 Å². The maximum Gasteiger partial charge on any atom is 0.221 e. The van der Waals surface area contributed by atoms with Crippen molar-refractivity contribution in [1.82, 2.24) is 5.32 Å². The van der Waals surface area contributed by atoms with Crippen molar-refractivity contribution in [2.75, 3.05) is 36.4 Å². The fourth-order valence-corrected chi connectivity index (χ4v) is 4.41. The molecule has 0 unspecified atom stereocenters. The van der Waals surface area contributed by atoms with Crippen LogP contribution in [0.2, 0.25) is 0 Å². The number of carbonyl (C=O) groups excluding carboxylic acids is 1. The highest BCUT2D eigenvalue weighted by Crippen LogP contribution is 2.32. The minimum absolute atomic E-state index is 0.0724. The van der Waals surface area contributed by atoms with Crippen LogP contribution < -0.4 is 15.5 Å². The van der Waals surface area contributed by atoms with Gasteiger partial charge in [-0.2, -0.15) is 0 Å². The van der Waals surface area contributed by atoms with Gasteiger partial charge in [-0.3, -0.25) is 4.79 Å². The Labute approximate surface area is 156 Å². The number of hydrogen-bond donors (Lipinski definition) is 2. The highest BCUT2D eigenvalue weighted by atomic mass is 32.2. The lowest BCUT2D eigenvalue weighted by Gasteiger charge is -2.30. The van der Waals surface area contributed by atoms with Gasteiger partial charge in [0.25, 0.3) is 0 Å². The number of carbonyl (C=O) groups is 1. The zero-order chi connectivity index (χ0) is 19.6. The molecule has 3 rings (SSSR count). The number of anilines is 2. The third kappa shape index (κ3) is 4.25. The van der Waals surface area contributed by atoms with E-state index in [4.69, 9.17) is 0 Å². The molecular weight excluding hydrogens is 376 g/mol. The van der Waals surface area contributed by atoms with Gasteiger partial charge in [-0.25, -0.2) is 17.2 Å². The summed E-state index contributed by atoms with van der Waals surface area (Å²) in [5.74, 6) is -2.44. The number of amides is 1. The number of nitrogens with zero attached hydrogens (tertiary/aromatic N) is 1. The van der Waals surface area contributed by atoms with Gasteiger partial charge in [-0.05, 0) is 30.3 Å². The molecule has 0 bridgehead atoms. The molecule has 2 aromatic rings. The second-order valence-electron chi connectivity index (χ2n) is 6.21. The smallest absolute Gasteiger partial charge is 0.221 e. The summed E-state index contributed by atoms with van der Waals surface area (Å²) in [6, 6.07) is 6.64. The minimum Gasteiger partial charge on any atom is -0.369 e. The normalized spacial score (nSPS) is 14.9. The van der Waals surface area contributed by atoms with Crippen molar-refractivity contribution < 1.29 is 22.0 Å². The molecule has 0 aliphatic carbocycles. The average molecular weight is 395 g/mol. The van der Waals surface area contributed by atoms with E-state index in [9.17, 15) is 22.0 Å². The molecule has 1 amide bonds. The van der Waals surface area contributed by atoms with Crippen LogP contribution in [-0.2, 0) is 14.6 Å². The largest absolute Gasteiger partial charge is 0.369 e. The van der Waals surface area contributed by atoms with Crippen molar-refractivity contribution >= 4 is 27.1 Å². The topological polar surface area (TPSA) is 78.5 Å². The van der Waals surface area contributed by atoms with Crippen molar-refractivity contribution in [3.8, 4) is 0 Å². The third-order valence-corrected chi connectivity index (χ3v) is 5.98. The van der Waals surface area contributed by atoms with Gasteiger partial charge in [-0.15, -0.1) is 0 Å². The van der Waals surface area contributed by atoms with Crippen molar-refractivity contribution in [3.63, 3.8) is 0 Å². The van der Waals surface area contributed by atoms with Gasteiger partial charge in [0.2, 0.25) is 15.7 Å². The summed E-state index contributed by atoms with van der Waals surface area (Å²) in [4.78, 5) is 12.9. The number of sulfone groups is 1. The summed E-state index contributed by atoms with van der Waals surface area (Å²) in [6.45, 7) is 4.31. The molecule has 0 atom stereocenters. The monoisotopic (exact) mass is 395 g/mol. The third-order valence-electron chi connectivity index (χ3n) is 4.19. The maximum atomic E-state index is 13.5. The van der Waals surface area contributed by atoms with E-state index in [0.29, 0.717) is 6.07 Å². The lowest BCUT2D eigenvalue weighted by atomic mass is 10.2. The quantitative estimate of drug-likeness (QED) is 0.830. The van der Waals surface area contributed by atoms with E-state index in [1.807, 2.05) is 0 Å². The molecule has 1 saturated heterocycles. The number of piperazine rings is 1. The van der Waals surface area contributed by atoms with E-state index >= 15 is 0 Å². The van der Waals surface area contributed by atoms with Crippen molar-refractivity contribution in [1.29, 1.82) is 0 Å². The zero-order valence-electron chi connectivity index (χ0n) is 14.6. The Morgan fingerprint density at radius 3 is 2.30 bits per heavy atom. The van der Waals surface area contributed by atoms with Crippen LogP contribution in [0.25, 0.3) is 0 Å². The number of benzene rings is 2. The summed E-state index contributed by atoms with van der Waals surface area (Å²) in [5, 5.41) is 5.73. The van der Waals surface area contributed by atoms with Crippen LogP contribution in [0.15, 0.2) is 46.2 Å². The SMILES string of the molecule is CC(=O)Nc1cc(N2CCNCC2)ccc1S(=O)(=O)c1cc(F)cc(F)c1. The molecule has 0 saturated carbocycles. The van der Waals surface area contributed by atoms with Gasteiger partial charge in [0.1, 0.15) is 11.6 Å². The van der Waals surface area contributed by atoms with Crippen molar-refractivity contribution in [3.05, 3.63) is 48.0 Å². The molecule has 0 aromatic heterocycles. The van der Waals surface area contributed by atoms with E-state index < -0.39 is 32.3 Å². The summed E-state index contributed by atoms with van der Waals surface area (Å²) in [5.41, 5.74) is 0.827. The Kier molecular flexibility index (Phi) is 5.43. The molecule has 1 heterocycles. The number of halogens is 2. The van der Waals surface area contributed by atoms with Gasteiger partial charge in [0, 0.05) is 44.9 Å². The molecule has 27 heavy (non-hydrogen) atoms. The van der Waals surface area contributed by atoms with E-state index in [1.165, 1.54) is 13.0 Å². The van der Waals surface area contributed by atoms with Gasteiger partial charge in [-0.1, -0.05) is 0 Å². The Morgan fingerprint density at radius 1 is 1.07 bits per heavy atom. The van der Waals surface area contributed by atoms with Crippen LogP contribution in [-0.4, -0.2) is 40.5 Å². The second kappa shape index (κ2) is 7.61. The number of rotatable bonds is 4. The summed E-state index contributed by atoms with van der Waals surface area (Å²) in [7, 11) is -4.23. The standard InChI is InChI=1S/C18H19F2N3O3S/c1-12(24)22-17-11-15(23-6-4-21-5-7-23)2-3-18(17)27(25,26)16-9-13(19)8-14(20)10-16/h2-3,8-11,21H,4-7H2,1H3,(H,22,24). The minimum atomic E-state index is -4.23. The summed E-state index contributed by atoms with van der Waals surface area (Å²) in [6.07, 6.45) is 0. The fourth-order valence-electron chi connectivity index (χ4n) is 2.97. The molecule has 0 radical (unpaired) electrons. The first kappa shape index (κ1) is 19.2. The molecule has 1 aliphatic rings. The van der Waals surface area contributed by atoms with Crippen LogP contribution in [0.5, 0.6) is 0 Å². The van der Waals surface area contributed by atoms with Gasteiger partial charge in [0.05, 0.1) is 15.5 Å². The Morgan fingerprint density at radius 2 is 1.70 bits per heavy atom. The lowest BCUT2D eigenvalue weighted by Crippen LogP contribution is -2.43. The predicted octanol–water partition coefficient (Wildman–Crippen LogP) is 2.17. The van der Waals surface area contributed by atoms with E-state index in [0.717, 1.165) is 44.0 Å². The van der Waals surface area contributed by atoms with E-state index in [-0.39, 0.29) is 10.6 Å². The molecule has 144 valence electrons. The predicted molar refractivity (Wildman–Crippen MR) is 97.6 cm³/mol. The highest BCUT2D eigenvalue weighted by molar-refractivity contribution is 7.91. The first-order valence-electron chi connectivity index (χ1n) is 8.36. The van der Waals surface area contributed by atoms with Crippen LogP contribution in [0, 0.1) is 11.6 Å². The molecule has 1 aliphatic heterocycles. The zero-order valence-corrected chi connectivity index (χ0v) is 15.4. The van der Waals surface area contributed by atoms with Crippen LogP contribution in [0.1, 0.15) is 6.92 Å². The average Bonchev–Trinajstić information content (AvgIpc) is 2.61. The van der Waals surface area contributed by atoms with Gasteiger partial charge in [0.15, 0.2) is 0 Å². The summed E-state index contributed by atoms with van der Waals surface area (Å²) >= 11 is 0. The summed E-state index contributed by atoms with van der Waals surface area (Å²) < 4.78 is 52.8. The molecular formula is C18H19F2N3O3S. The van der Waals surface area contributed by atoms with Crippen molar-refractivity contribution in [2.45, 2.75) is 16.7 Å². The van der Waals surface area contributed by atoms with Crippen LogP contribution >= 0.6 is 0 Å². The fraction of sp³-hybridized carbons (Fsp3) is 0.278. The maximum absolute atomic E-state index is 13.5. The molecule has 2 aromatic carbocycles.